The van der Waals surface area contributed by atoms with E-state index in [2.05, 4.69) is 26.8 Å². The molecule has 0 aliphatic rings. The Morgan fingerprint density at radius 1 is 1.38 bits per heavy atom. The maximum atomic E-state index is 8.62. The highest BCUT2D eigenvalue weighted by atomic mass is 35.5. The first-order chi connectivity index (χ1) is 7.72. The molecule has 0 amide bonds. The molecule has 0 radical (unpaired) electrons. The average molecular weight is 256 g/mol. The summed E-state index contributed by atoms with van der Waals surface area (Å²) in [4.78, 5) is 10.7. The Hall–Kier alpha value is -1.28. The van der Waals surface area contributed by atoms with Gasteiger partial charge in [0.1, 0.15) is 10.8 Å². The van der Waals surface area contributed by atoms with E-state index in [1.54, 1.807) is 6.20 Å². The van der Waals surface area contributed by atoms with Crippen molar-refractivity contribution in [2.45, 2.75) is 6.42 Å². The molecule has 6 heteroatoms. The molecule has 2 N–H and O–H groups in total. The summed E-state index contributed by atoms with van der Waals surface area (Å²) in [5.74, 6) is 5.68. The van der Waals surface area contributed by atoms with Gasteiger partial charge in [-0.3, -0.25) is 0 Å². The molecule has 0 fully saturated rings. The van der Waals surface area contributed by atoms with Crippen LogP contribution in [0.25, 0.3) is 11.0 Å². The number of aliphatic hydroxyl groups is 1. The van der Waals surface area contributed by atoms with E-state index in [9.17, 15) is 0 Å². The first-order valence-corrected chi connectivity index (χ1v) is 5.28. The standard InChI is InChI=1S/C10H7Cl2N3O/c11-8-7-6(3-1-2-4-16)5-13-9(7)15-10(12)14-8/h5,16H,2,4H2,(H,13,14,15). The number of aromatic amines is 1. The van der Waals surface area contributed by atoms with E-state index in [1.807, 2.05) is 0 Å². The zero-order valence-corrected chi connectivity index (χ0v) is 9.60. The third kappa shape index (κ3) is 2.12. The maximum absolute atomic E-state index is 8.62. The van der Waals surface area contributed by atoms with Gasteiger partial charge < -0.3 is 10.1 Å². The zero-order chi connectivity index (χ0) is 11.5. The van der Waals surface area contributed by atoms with Crippen LogP contribution in [0.2, 0.25) is 10.4 Å². The Kier molecular flexibility index (Phi) is 3.30. The van der Waals surface area contributed by atoms with E-state index in [1.165, 1.54) is 0 Å². The normalized spacial score (nSPS) is 10.2. The lowest BCUT2D eigenvalue weighted by Crippen LogP contribution is -1.85. The van der Waals surface area contributed by atoms with Crippen LogP contribution in [0.15, 0.2) is 6.20 Å². The van der Waals surface area contributed by atoms with Crippen molar-refractivity contribution < 1.29 is 5.11 Å². The first kappa shape index (κ1) is 11.2. The lowest BCUT2D eigenvalue weighted by atomic mass is 10.2. The lowest BCUT2D eigenvalue weighted by Gasteiger charge is -1.94. The molecule has 16 heavy (non-hydrogen) atoms. The van der Waals surface area contributed by atoms with Crippen molar-refractivity contribution >= 4 is 34.2 Å². The molecule has 2 aromatic rings. The predicted molar refractivity (Wildman–Crippen MR) is 62.5 cm³/mol. The van der Waals surface area contributed by atoms with Gasteiger partial charge in [0, 0.05) is 12.6 Å². The molecular formula is C10H7Cl2N3O. The van der Waals surface area contributed by atoms with Gasteiger partial charge in [-0.05, 0) is 11.6 Å². The molecule has 0 unspecified atom stereocenters. The smallest absolute Gasteiger partial charge is 0.225 e. The van der Waals surface area contributed by atoms with Gasteiger partial charge in [-0.1, -0.05) is 23.4 Å². The van der Waals surface area contributed by atoms with Crippen LogP contribution < -0.4 is 0 Å². The minimum atomic E-state index is 0.0332. The largest absolute Gasteiger partial charge is 0.395 e. The highest BCUT2D eigenvalue weighted by Crippen LogP contribution is 2.24. The Balaban J connectivity index is 2.53. The van der Waals surface area contributed by atoms with E-state index >= 15 is 0 Å². The average Bonchev–Trinajstić information content (AvgIpc) is 2.62. The number of fused-ring (bicyclic) bond motifs is 1. The number of halogens is 2. The van der Waals surface area contributed by atoms with E-state index in [-0.39, 0.29) is 17.0 Å². The number of H-pyrrole nitrogens is 1. The summed E-state index contributed by atoms with van der Waals surface area (Å²) >= 11 is 11.6. The number of nitrogens with zero attached hydrogens (tertiary/aromatic N) is 2. The molecule has 0 saturated carbocycles. The number of aromatic nitrogens is 3. The summed E-state index contributed by atoms with van der Waals surface area (Å²) in [5, 5.41) is 9.63. The lowest BCUT2D eigenvalue weighted by molar-refractivity contribution is 0.305. The van der Waals surface area contributed by atoms with Crippen molar-refractivity contribution in [3.63, 3.8) is 0 Å². The molecule has 0 aliphatic heterocycles. The minimum absolute atomic E-state index is 0.0332. The fourth-order valence-corrected chi connectivity index (χ4v) is 1.76. The van der Waals surface area contributed by atoms with Gasteiger partial charge >= 0.3 is 0 Å². The summed E-state index contributed by atoms with van der Waals surface area (Å²) in [7, 11) is 0. The van der Waals surface area contributed by atoms with Crippen LogP contribution in [0.1, 0.15) is 12.0 Å². The van der Waals surface area contributed by atoms with Crippen LogP contribution in [-0.2, 0) is 0 Å². The number of hydrogen-bond acceptors (Lipinski definition) is 3. The fraction of sp³-hybridized carbons (Fsp3) is 0.200. The van der Waals surface area contributed by atoms with Gasteiger partial charge in [0.25, 0.3) is 0 Å². The van der Waals surface area contributed by atoms with Gasteiger partial charge in [-0.15, -0.1) is 0 Å². The third-order valence-electron chi connectivity index (χ3n) is 1.92. The highest BCUT2D eigenvalue weighted by Gasteiger charge is 2.09. The van der Waals surface area contributed by atoms with Crippen LogP contribution in [-0.4, -0.2) is 26.7 Å². The number of nitrogens with one attached hydrogen (secondary N) is 1. The van der Waals surface area contributed by atoms with E-state index in [0.717, 1.165) is 0 Å². The molecule has 0 spiro atoms. The summed E-state index contributed by atoms with van der Waals surface area (Å²) in [5.41, 5.74) is 1.25. The molecule has 0 aliphatic carbocycles. The summed E-state index contributed by atoms with van der Waals surface area (Å²) in [6.07, 6.45) is 2.10. The number of rotatable bonds is 1. The second-order valence-corrected chi connectivity index (χ2v) is 3.68. The van der Waals surface area contributed by atoms with E-state index < -0.39 is 0 Å². The Morgan fingerprint density at radius 3 is 2.94 bits per heavy atom. The second-order valence-electron chi connectivity index (χ2n) is 2.98. The van der Waals surface area contributed by atoms with Gasteiger partial charge in [-0.2, -0.15) is 4.98 Å². The monoisotopic (exact) mass is 255 g/mol. The van der Waals surface area contributed by atoms with Gasteiger partial charge in [0.15, 0.2) is 0 Å². The van der Waals surface area contributed by atoms with Crippen LogP contribution >= 0.6 is 23.2 Å². The van der Waals surface area contributed by atoms with Gasteiger partial charge in [0.2, 0.25) is 5.28 Å². The Bertz CT molecular complexity index is 583. The molecular weight excluding hydrogens is 249 g/mol. The molecule has 4 nitrogen and oxygen atoms in total. The Labute approximate surface area is 102 Å². The van der Waals surface area contributed by atoms with Crippen LogP contribution in [0.3, 0.4) is 0 Å². The van der Waals surface area contributed by atoms with E-state index in [0.29, 0.717) is 23.0 Å². The first-order valence-electron chi connectivity index (χ1n) is 4.52. The SMILES string of the molecule is OCCC#Cc1c[nH]c2nc(Cl)nc(Cl)c12. The summed E-state index contributed by atoms with van der Waals surface area (Å²) in [6.45, 7) is 0.0332. The molecule has 82 valence electrons. The topological polar surface area (TPSA) is 61.8 Å². The van der Waals surface area contributed by atoms with Gasteiger partial charge in [-0.25, -0.2) is 4.98 Å². The van der Waals surface area contributed by atoms with Crippen LogP contribution in [0.5, 0.6) is 0 Å². The second kappa shape index (κ2) is 4.71. The van der Waals surface area contributed by atoms with Crippen molar-refractivity contribution in [3.8, 4) is 11.8 Å². The highest BCUT2D eigenvalue weighted by molar-refractivity contribution is 6.36. The van der Waals surface area contributed by atoms with E-state index in [4.69, 9.17) is 28.3 Å². The summed E-state index contributed by atoms with van der Waals surface area (Å²) < 4.78 is 0. The number of aliphatic hydroxyl groups excluding tert-OH is 1. The molecule has 2 aromatic heterocycles. The molecule has 2 rings (SSSR count). The van der Waals surface area contributed by atoms with Crippen LogP contribution in [0, 0.1) is 11.8 Å². The van der Waals surface area contributed by atoms with Gasteiger partial charge in [0.05, 0.1) is 17.6 Å². The van der Waals surface area contributed by atoms with Crippen molar-refractivity contribution in [1.82, 2.24) is 15.0 Å². The third-order valence-corrected chi connectivity index (χ3v) is 2.36. The predicted octanol–water partition coefficient (Wildman–Crippen LogP) is 2.00. The molecule has 2 heterocycles. The molecule has 0 atom stereocenters. The van der Waals surface area contributed by atoms with Crippen molar-refractivity contribution in [2.75, 3.05) is 6.61 Å². The zero-order valence-electron chi connectivity index (χ0n) is 8.09. The Morgan fingerprint density at radius 2 is 2.19 bits per heavy atom. The minimum Gasteiger partial charge on any atom is -0.395 e. The van der Waals surface area contributed by atoms with Crippen molar-refractivity contribution in [1.29, 1.82) is 0 Å². The van der Waals surface area contributed by atoms with Crippen LogP contribution in [0.4, 0.5) is 0 Å². The van der Waals surface area contributed by atoms with Crippen molar-refractivity contribution in [2.24, 2.45) is 0 Å². The molecule has 0 saturated heterocycles. The number of hydrogen-bond donors (Lipinski definition) is 2. The summed E-state index contributed by atoms with van der Waals surface area (Å²) in [6, 6.07) is 0. The molecule has 0 aromatic carbocycles. The molecule has 0 bridgehead atoms. The quantitative estimate of drug-likeness (QED) is 0.466. The maximum Gasteiger partial charge on any atom is 0.225 e. The fourth-order valence-electron chi connectivity index (χ4n) is 1.28. The van der Waals surface area contributed by atoms with Crippen molar-refractivity contribution in [3.05, 3.63) is 22.2 Å².